The number of hydrogen-bond acceptors (Lipinski definition) is 0. The summed E-state index contributed by atoms with van der Waals surface area (Å²) in [6.07, 6.45) is 12.2. The third-order valence-corrected chi connectivity index (χ3v) is 2.35. The molecule has 0 saturated heterocycles. The van der Waals surface area contributed by atoms with E-state index in [0.29, 0.717) is 5.41 Å². The van der Waals surface area contributed by atoms with E-state index in [1.54, 1.807) is 0 Å². The maximum Gasteiger partial charge on any atom is -0.0135 e. The largest absolute Gasteiger partial charge is 0.0843 e. The average Bonchev–Trinajstić information content (AvgIpc) is 1.81. The Morgan fingerprint density at radius 1 is 1.08 bits per heavy atom. The van der Waals surface area contributed by atoms with Crippen LogP contribution in [-0.2, 0) is 0 Å². The lowest BCUT2D eigenvalue weighted by Gasteiger charge is -2.21. The Hall–Kier alpha value is -0.520. The van der Waals surface area contributed by atoms with Crippen LogP contribution in [0.15, 0.2) is 23.8 Å². The van der Waals surface area contributed by atoms with E-state index in [2.05, 4.69) is 39.0 Å². The second-order valence-corrected chi connectivity index (χ2v) is 4.60. The molecule has 0 aromatic carbocycles. The molecule has 12 heavy (non-hydrogen) atoms. The first-order valence-corrected chi connectivity index (χ1v) is 4.98. The molecule has 0 bridgehead atoms. The summed E-state index contributed by atoms with van der Waals surface area (Å²) in [6, 6.07) is 0. The van der Waals surface area contributed by atoms with E-state index in [4.69, 9.17) is 0 Å². The molecule has 0 nitrogen and oxygen atoms in total. The summed E-state index contributed by atoms with van der Waals surface area (Å²) in [5.74, 6) is 0. The van der Waals surface area contributed by atoms with Crippen molar-refractivity contribution in [2.75, 3.05) is 0 Å². The minimum absolute atomic E-state index is 0.327. The van der Waals surface area contributed by atoms with Crippen LogP contribution in [0.3, 0.4) is 0 Å². The molecule has 0 amide bonds. The Kier molecular flexibility index (Phi) is 3.13. The first-order chi connectivity index (χ1) is 5.61. The molecule has 0 aromatic rings. The monoisotopic (exact) mass is 164 g/mol. The van der Waals surface area contributed by atoms with Gasteiger partial charge in [-0.1, -0.05) is 39.0 Å². The molecule has 1 rings (SSSR count). The van der Waals surface area contributed by atoms with E-state index in [-0.39, 0.29) is 0 Å². The smallest absolute Gasteiger partial charge is 0.0135 e. The molecule has 0 aliphatic heterocycles. The maximum absolute atomic E-state index is 2.40. The van der Waals surface area contributed by atoms with Crippen molar-refractivity contribution in [1.82, 2.24) is 0 Å². The molecule has 1 aliphatic carbocycles. The first kappa shape index (κ1) is 9.57. The molecule has 0 heteroatoms. The number of allylic oxidation sites excluding steroid dienone is 4. The van der Waals surface area contributed by atoms with Gasteiger partial charge >= 0.3 is 0 Å². The molecule has 0 saturated carbocycles. The highest BCUT2D eigenvalue weighted by Crippen LogP contribution is 2.28. The quantitative estimate of drug-likeness (QED) is 0.506. The molecule has 0 heterocycles. The van der Waals surface area contributed by atoms with Crippen LogP contribution in [-0.4, -0.2) is 0 Å². The minimum atomic E-state index is 0.327. The fraction of sp³-hybridized carbons (Fsp3) is 0.667. The van der Waals surface area contributed by atoms with Crippen molar-refractivity contribution >= 4 is 0 Å². The second kappa shape index (κ2) is 3.93. The van der Waals surface area contributed by atoms with Gasteiger partial charge in [-0.25, -0.2) is 0 Å². The Labute approximate surface area is 76.4 Å². The van der Waals surface area contributed by atoms with Gasteiger partial charge in [0.25, 0.3) is 0 Å². The van der Waals surface area contributed by atoms with Crippen molar-refractivity contribution in [1.29, 1.82) is 0 Å². The van der Waals surface area contributed by atoms with Gasteiger partial charge in [-0.2, -0.15) is 0 Å². The van der Waals surface area contributed by atoms with Crippen LogP contribution in [0.1, 0.15) is 46.5 Å². The number of hydrogen-bond donors (Lipinski definition) is 0. The van der Waals surface area contributed by atoms with E-state index < -0.39 is 0 Å². The summed E-state index contributed by atoms with van der Waals surface area (Å²) in [5.41, 5.74) is 1.83. The van der Waals surface area contributed by atoms with E-state index in [9.17, 15) is 0 Å². The molecule has 0 atom stereocenters. The van der Waals surface area contributed by atoms with Crippen LogP contribution in [0.2, 0.25) is 0 Å². The van der Waals surface area contributed by atoms with E-state index in [0.717, 1.165) is 0 Å². The standard InChI is InChI=1S/C12H20/c1-12(2,3)11-9-7-5-4-6-8-10-11/h7,9-10H,4-6,8H2,1-3H3/b9-7-,11-10+. The van der Waals surface area contributed by atoms with Gasteiger partial charge < -0.3 is 0 Å². The van der Waals surface area contributed by atoms with Crippen LogP contribution in [0.25, 0.3) is 0 Å². The van der Waals surface area contributed by atoms with Gasteiger partial charge in [0.1, 0.15) is 0 Å². The Bertz CT molecular complexity index is 189. The predicted octanol–water partition coefficient (Wildman–Crippen LogP) is 4.09. The third kappa shape index (κ3) is 2.84. The normalized spacial score (nSPS) is 26.8. The Balaban J connectivity index is 2.72. The summed E-state index contributed by atoms with van der Waals surface area (Å²) in [5, 5.41) is 0. The Morgan fingerprint density at radius 3 is 2.42 bits per heavy atom. The zero-order chi connectivity index (χ0) is 9.03. The zero-order valence-electron chi connectivity index (χ0n) is 8.56. The zero-order valence-corrected chi connectivity index (χ0v) is 8.56. The summed E-state index contributed by atoms with van der Waals surface area (Å²) < 4.78 is 0. The molecule has 0 aromatic heterocycles. The van der Waals surface area contributed by atoms with Gasteiger partial charge in [-0.3, -0.25) is 0 Å². The second-order valence-electron chi connectivity index (χ2n) is 4.60. The summed E-state index contributed by atoms with van der Waals surface area (Å²) in [6.45, 7) is 6.85. The van der Waals surface area contributed by atoms with Gasteiger partial charge in [-0.05, 0) is 36.7 Å². The molecule has 0 unspecified atom stereocenters. The van der Waals surface area contributed by atoms with Crippen LogP contribution < -0.4 is 0 Å². The highest BCUT2D eigenvalue weighted by atomic mass is 14.2. The van der Waals surface area contributed by atoms with E-state index in [1.807, 2.05) is 0 Å². The van der Waals surface area contributed by atoms with Crippen molar-refractivity contribution in [2.24, 2.45) is 5.41 Å². The summed E-state index contributed by atoms with van der Waals surface area (Å²) in [7, 11) is 0. The van der Waals surface area contributed by atoms with Crippen molar-refractivity contribution in [2.45, 2.75) is 46.5 Å². The van der Waals surface area contributed by atoms with Crippen molar-refractivity contribution < 1.29 is 0 Å². The topological polar surface area (TPSA) is 0 Å². The molecule has 0 radical (unpaired) electrons. The van der Waals surface area contributed by atoms with Crippen molar-refractivity contribution in [3.05, 3.63) is 23.8 Å². The highest BCUT2D eigenvalue weighted by molar-refractivity contribution is 5.25. The molecule has 68 valence electrons. The van der Waals surface area contributed by atoms with Crippen LogP contribution in [0, 0.1) is 5.41 Å². The number of rotatable bonds is 0. The summed E-state index contributed by atoms with van der Waals surface area (Å²) >= 11 is 0. The average molecular weight is 164 g/mol. The third-order valence-electron chi connectivity index (χ3n) is 2.35. The van der Waals surface area contributed by atoms with E-state index >= 15 is 0 Å². The SMILES string of the molecule is CC(C)(C)C1=C/CCCC/C=C\1. The predicted molar refractivity (Wildman–Crippen MR) is 55.1 cm³/mol. The first-order valence-electron chi connectivity index (χ1n) is 4.98. The minimum Gasteiger partial charge on any atom is -0.0843 e. The molecular formula is C12H20. The molecule has 0 spiro atoms. The van der Waals surface area contributed by atoms with E-state index in [1.165, 1.54) is 31.3 Å². The van der Waals surface area contributed by atoms with Gasteiger partial charge in [0, 0.05) is 0 Å². The molecule has 0 N–H and O–H groups in total. The Morgan fingerprint density at radius 2 is 1.75 bits per heavy atom. The van der Waals surface area contributed by atoms with Crippen molar-refractivity contribution in [3.8, 4) is 0 Å². The van der Waals surface area contributed by atoms with Gasteiger partial charge in [0.2, 0.25) is 0 Å². The van der Waals surface area contributed by atoms with Crippen LogP contribution in [0.4, 0.5) is 0 Å². The fourth-order valence-corrected chi connectivity index (χ4v) is 1.50. The van der Waals surface area contributed by atoms with Gasteiger partial charge in [-0.15, -0.1) is 0 Å². The van der Waals surface area contributed by atoms with Crippen molar-refractivity contribution in [3.63, 3.8) is 0 Å². The highest BCUT2D eigenvalue weighted by Gasteiger charge is 2.14. The lowest BCUT2D eigenvalue weighted by Crippen LogP contribution is -2.07. The lowest BCUT2D eigenvalue weighted by molar-refractivity contribution is 0.512. The molecular weight excluding hydrogens is 144 g/mol. The molecule has 1 aliphatic rings. The maximum atomic E-state index is 2.40. The van der Waals surface area contributed by atoms with Crippen LogP contribution >= 0.6 is 0 Å². The van der Waals surface area contributed by atoms with Gasteiger partial charge in [0.15, 0.2) is 0 Å². The fourth-order valence-electron chi connectivity index (χ4n) is 1.50. The summed E-state index contributed by atoms with van der Waals surface area (Å²) in [4.78, 5) is 0. The lowest BCUT2D eigenvalue weighted by atomic mass is 9.84. The van der Waals surface area contributed by atoms with Crippen LogP contribution in [0.5, 0.6) is 0 Å². The van der Waals surface area contributed by atoms with Gasteiger partial charge in [0.05, 0.1) is 0 Å². The molecule has 0 fully saturated rings.